The van der Waals surface area contributed by atoms with Crippen LogP contribution in [-0.4, -0.2) is 7.11 Å². The van der Waals surface area contributed by atoms with E-state index in [0.717, 1.165) is 12.1 Å². The van der Waals surface area contributed by atoms with E-state index in [0.29, 0.717) is 26.0 Å². The summed E-state index contributed by atoms with van der Waals surface area (Å²) in [5, 5.41) is 0. The van der Waals surface area contributed by atoms with Crippen molar-refractivity contribution in [3.8, 4) is 16.9 Å². The number of alkyl halides is 3. The van der Waals surface area contributed by atoms with Gasteiger partial charge >= 0.3 is 6.18 Å². The molecule has 0 atom stereocenters. The van der Waals surface area contributed by atoms with E-state index in [4.69, 9.17) is 4.74 Å². The molecule has 0 bridgehead atoms. The van der Waals surface area contributed by atoms with Crippen LogP contribution in [-0.2, 0) is 6.18 Å². The van der Waals surface area contributed by atoms with Gasteiger partial charge in [0, 0.05) is 15.2 Å². The second-order valence-corrected chi connectivity index (χ2v) is 6.58. The molecule has 124 valence electrons. The van der Waals surface area contributed by atoms with Crippen molar-refractivity contribution in [3.63, 3.8) is 0 Å². The van der Waals surface area contributed by atoms with Gasteiger partial charge < -0.3 is 4.74 Å². The van der Waals surface area contributed by atoms with Crippen molar-refractivity contribution in [2.75, 3.05) is 7.11 Å². The van der Waals surface area contributed by atoms with Gasteiger partial charge in [0.2, 0.25) is 0 Å². The number of hydrogen-bond acceptors (Lipinski definition) is 1. The molecule has 0 aliphatic heterocycles. The van der Waals surface area contributed by atoms with E-state index in [-0.39, 0.29) is 11.7 Å². The molecule has 0 aromatic heterocycles. The predicted octanol–water partition coefficient (Wildman–Crippen LogP) is 6.25. The molecule has 2 aromatic rings. The second kappa shape index (κ2) is 6.67. The van der Waals surface area contributed by atoms with Gasteiger partial charge in [0.05, 0.1) is 12.7 Å². The van der Waals surface area contributed by atoms with Crippen LogP contribution in [0, 0.1) is 9.39 Å². The van der Waals surface area contributed by atoms with Gasteiger partial charge in [0.1, 0.15) is 11.6 Å². The number of halogens is 5. The minimum absolute atomic E-state index is 0.0493. The van der Waals surface area contributed by atoms with E-state index in [1.165, 1.54) is 19.2 Å². The van der Waals surface area contributed by atoms with Crippen LogP contribution in [0.3, 0.4) is 0 Å². The molecular weight excluding hydrogens is 423 g/mol. The number of hydrogen-bond donors (Lipinski definition) is 0. The molecule has 0 amide bonds. The van der Waals surface area contributed by atoms with Crippen LogP contribution >= 0.6 is 22.6 Å². The lowest BCUT2D eigenvalue weighted by Gasteiger charge is -2.16. The largest absolute Gasteiger partial charge is 0.496 e. The SMILES string of the molecule is COc1cc(F)c(C(C)C)cc1-c1ccc(C(F)(F)F)cc1I. The van der Waals surface area contributed by atoms with E-state index < -0.39 is 11.7 Å². The molecule has 0 fully saturated rings. The van der Waals surface area contributed by atoms with Gasteiger partial charge in [-0.2, -0.15) is 13.2 Å². The summed E-state index contributed by atoms with van der Waals surface area (Å²) in [4.78, 5) is 0. The van der Waals surface area contributed by atoms with Crippen LogP contribution in [0.4, 0.5) is 17.6 Å². The average Bonchev–Trinajstić information content (AvgIpc) is 2.45. The van der Waals surface area contributed by atoms with Gasteiger partial charge in [-0.3, -0.25) is 0 Å². The van der Waals surface area contributed by atoms with Crippen LogP contribution in [0.1, 0.15) is 30.9 Å². The third-order valence-electron chi connectivity index (χ3n) is 3.53. The lowest BCUT2D eigenvalue weighted by molar-refractivity contribution is -0.137. The quantitative estimate of drug-likeness (QED) is 0.407. The molecule has 6 heteroatoms. The van der Waals surface area contributed by atoms with Crippen LogP contribution in [0.25, 0.3) is 11.1 Å². The molecule has 0 aliphatic carbocycles. The average molecular weight is 438 g/mol. The Kier molecular flexibility index (Phi) is 5.23. The summed E-state index contributed by atoms with van der Waals surface area (Å²) >= 11 is 1.85. The summed E-state index contributed by atoms with van der Waals surface area (Å²) in [7, 11) is 1.41. The van der Waals surface area contributed by atoms with Crippen molar-refractivity contribution in [2.45, 2.75) is 25.9 Å². The Morgan fingerprint density at radius 2 is 1.70 bits per heavy atom. The van der Waals surface area contributed by atoms with Crippen LogP contribution in [0.5, 0.6) is 5.75 Å². The van der Waals surface area contributed by atoms with E-state index in [1.54, 1.807) is 6.07 Å². The Labute approximate surface area is 145 Å². The van der Waals surface area contributed by atoms with Crippen molar-refractivity contribution in [3.05, 3.63) is 50.8 Å². The zero-order valence-corrected chi connectivity index (χ0v) is 14.9. The monoisotopic (exact) mass is 438 g/mol. The van der Waals surface area contributed by atoms with Gasteiger partial charge in [0.25, 0.3) is 0 Å². The molecule has 2 aromatic carbocycles. The maximum atomic E-state index is 14.1. The third-order valence-corrected chi connectivity index (χ3v) is 4.42. The molecule has 0 saturated heterocycles. The van der Waals surface area contributed by atoms with E-state index in [9.17, 15) is 17.6 Å². The van der Waals surface area contributed by atoms with Crippen molar-refractivity contribution in [1.29, 1.82) is 0 Å². The first-order chi connectivity index (χ1) is 10.6. The molecule has 0 spiro atoms. The lowest BCUT2D eigenvalue weighted by atomic mass is 9.95. The number of ether oxygens (including phenoxy) is 1. The van der Waals surface area contributed by atoms with Gasteiger partial charge in [-0.25, -0.2) is 4.39 Å². The fourth-order valence-corrected chi connectivity index (χ4v) is 3.11. The van der Waals surface area contributed by atoms with Crippen molar-refractivity contribution < 1.29 is 22.3 Å². The van der Waals surface area contributed by atoms with Gasteiger partial charge in [-0.1, -0.05) is 19.9 Å². The smallest absolute Gasteiger partial charge is 0.416 e. The molecule has 0 N–H and O–H groups in total. The molecule has 23 heavy (non-hydrogen) atoms. The van der Waals surface area contributed by atoms with Gasteiger partial charge in [-0.15, -0.1) is 0 Å². The Morgan fingerprint density at radius 1 is 1.04 bits per heavy atom. The molecule has 0 aliphatic rings. The molecule has 0 radical (unpaired) electrons. The number of rotatable bonds is 3. The Hall–Kier alpha value is -1.31. The summed E-state index contributed by atoms with van der Waals surface area (Å²) in [6, 6.07) is 6.41. The van der Waals surface area contributed by atoms with Crippen molar-refractivity contribution >= 4 is 22.6 Å². The zero-order valence-electron chi connectivity index (χ0n) is 12.8. The van der Waals surface area contributed by atoms with E-state index in [2.05, 4.69) is 0 Å². The zero-order chi connectivity index (χ0) is 17.4. The summed E-state index contributed by atoms with van der Waals surface area (Å²) < 4.78 is 58.1. The van der Waals surface area contributed by atoms with Crippen molar-refractivity contribution in [2.24, 2.45) is 0 Å². The maximum absolute atomic E-state index is 14.1. The molecule has 0 saturated carbocycles. The normalized spacial score (nSPS) is 11.9. The highest BCUT2D eigenvalue weighted by Crippen LogP contribution is 2.39. The Balaban J connectivity index is 2.64. The van der Waals surface area contributed by atoms with Gasteiger partial charge in [0.15, 0.2) is 0 Å². The second-order valence-electron chi connectivity index (χ2n) is 5.42. The number of benzene rings is 2. The fraction of sp³-hybridized carbons (Fsp3) is 0.294. The molecule has 1 nitrogen and oxygen atoms in total. The van der Waals surface area contributed by atoms with Crippen LogP contribution < -0.4 is 4.74 Å². The minimum atomic E-state index is -4.39. The molecular formula is C17H15F4IO. The predicted molar refractivity (Wildman–Crippen MR) is 90.2 cm³/mol. The molecule has 2 rings (SSSR count). The fourth-order valence-electron chi connectivity index (χ4n) is 2.30. The molecule has 0 unspecified atom stereocenters. The summed E-state index contributed by atoms with van der Waals surface area (Å²) in [6.45, 7) is 3.71. The summed E-state index contributed by atoms with van der Waals surface area (Å²) in [5.74, 6) is -0.140. The first-order valence-electron chi connectivity index (χ1n) is 6.89. The standard InChI is InChI=1S/C17H15F4IO/c1-9(2)12-7-13(16(23-3)8-14(12)18)11-5-4-10(6-15(11)22)17(19,20)21/h4-9H,1-3H3. The highest BCUT2D eigenvalue weighted by Gasteiger charge is 2.31. The number of methoxy groups -OCH3 is 1. The first-order valence-corrected chi connectivity index (χ1v) is 7.97. The topological polar surface area (TPSA) is 9.23 Å². The van der Waals surface area contributed by atoms with E-state index in [1.807, 2.05) is 36.4 Å². The highest BCUT2D eigenvalue weighted by atomic mass is 127. The lowest BCUT2D eigenvalue weighted by Crippen LogP contribution is -2.05. The Bertz CT molecular complexity index is 723. The van der Waals surface area contributed by atoms with Crippen LogP contribution in [0.2, 0.25) is 0 Å². The highest BCUT2D eigenvalue weighted by molar-refractivity contribution is 14.1. The van der Waals surface area contributed by atoms with Crippen LogP contribution in [0.15, 0.2) is 30.3 Å². The maximum Gasteiger partial charge on any atom is 0.416 e. The minimum Gasteiger partial charge on any atom is -0.496 e. The Morgan fingerprint density at radius 3 is 2.17 bits per heavy atom. The summed E-state index contributed by atoms with van der Waals surface area (Å²) in [6.07, 6.45) is -4.39. The summed E-state index contributed by atoms with van der Waals surface area (Å²) in [5.41, 5.74) is 0.945. The third kappa shape index (κ3) is 3.79. The van der Waals surface area contributed by atoms with Gasteiger partial charge in [-0.05, 0) is 57.8 Å². The van der Waals surface area contributed by atoms with E-state index >= 15 is 0 Å². The van der Waals surface area contributed by atoms with Crippen molar-refractivity contribution in [1.82, 2.24) is 0 Å². The molecule has 0 heterocycles. The first kappa shape index (κ1) is 18.0.